The summed E-state index contributed by atoms with van der Waals surface area (Å²) in [4.78, 5) is 30.1. The van der Waals surface area contributed by atoms with E-state index in [0.29, 0.717) is 34.9 Å². The summed E-state index contributed by atoms with van der Waals surface area (Å²) in [6, 6.07) is 155. The Bertz CT molecular complexity index is 8170. The molecule has 0 saturated heterocycles. The molecule has 26 aromatic rings. The molecule has 0 bridgehead atoms. The topological polar surface area (TPSA) is 107 Å². The average molecular weight is 1610 g/mol. The summed E-state index contributed by atoms with van der Waals surface area (Å²) in [6.45, 7) is 0. The summed E-state index contributed by atoms with van der Waals surface area (Å²) < 4.78 is 14.4. The summed E-state index contributed by atoms with van der Waals surface area (Å²) >= 11 is 0. The van der Waals surface area contributed by atoms with Crippen molar-refractivity contribution in [2.45, 2.75) is 0 Å². The highest BCUT2D eigenvalue weighted by Crippen LogP contribution is 2.44. The molecule has 0 aliphatic heterocycles. The molecule has 0 aliphatic rings. The smallest absolute Gasteiger partial charge is 0.164 e. The van der Waals surface area contributed by atoms with E-state index < -0.39 is 0 Å². The van der Waals surface area contributed by atoms with Gasteiger partial charge in [-0.05, 0) is 158 Å². The van der Waals surface area contributed by atoms with Crippen molar-refractivity contribution in [2.24, 2.45) is 0 Å². The number of benzene rings is 18. The van der Waals surface area contributed by atoms with Gasteiger partial charge in [0.2, 0.25) is 0 Å². The van der Waals surface area contributed by atoms with Crippen LogP contribution in [-0.2, 0) is 0 Å². The van der Waals surface area contributed by atoms with Crippen molar-refractivity contribution >= 4 is 131 Å². The van der Waals surface area contributed by atoms with E-state index in [1.165, 1.54) is 98.0 Å². The maximum atomic E-state index is 5.09. The Morgan fingerprint density at radius 3 is 0.532 bits per heavy atom. The maximum Gasteiger partial charge on any atom is 0.164 e. The van der Waals surface area contributed by atoms with Gasteiger partial charge in [0, 0.05) is 132 Å². The molecule has 12 heteroatoms. The van der Waals surface area contributed by atoms with Crippen LogP contribution in [0, 0.1) is 0 Å². The molecule has 12 nitrogen and oxygen atoms in total. The summed E-state index contributed by atoms with van der Waals surface area (Å²) in [5, 5.41) is 14.6. The number of para-hydroxylation sites is 8. The third kappa shape index (κ3) is 11.8. The summed E-state index contributed by atoms with van der Waals surface area (Å²) in [7, 11) is 0. The summed E-state index contributed by atoms with van der Waals surface area (Å²) in [6.07, 6.45) is 0. The molecule has 126 heavy (non-hydrogen) atoms. The minimum Gasteiger partial charge on any atom is -0.309 e. The first-order valence-corrected chi connectivity index (χ1v) is 42.6. The molecular weight excluding hydrogens is 1540 g/mol. The molecule has 0 spiro atoms. The number of nitrogens with zero attached hydrogens (tertiary/aromatic N) is 12. The second-order valence-corrected chi connectivity index (χ2v) is 32.1. The molecule has 0 aliphatic carbocycles. The number of aromatic nitrogens is 12. The van der Waals surface area contributed by atoms with Crippen molar-refractivity contribution < 1.29 is 0 Å². The second-order valence-electron chi connectivity index (χ2n) is 32.1. The highest BCUT2D eigenvalue weighted by molar-refractivity contribution is 6.17. The molecule has 0 amide bonds. The molecule has 18 aromatic carbocycles. The van der Waals surface area contributed by atoms with Crippen molar-refractivity contribution in [2.75, 3.05) is 0 Å². The van der Waals surface area contributed by atoms with Gasteiger partial charge in [-0.15, -0.1) is 0 Å². The van der Waals surface area contributed by atoms with Gasteiger partial charge in [0.25, 0.3) is 0 Å². The Morgan fingerprint density at radius 1 is 0.111 bits per heavy atom. The van der Waals surface area contributed by atoms with Crippen LogP contribution in [0.3, 0.4) is 0 Å². The van der Waals surface area contributed by atoms with Crippen LogP contribution in [0.4, 0.5) is 0 Å². The first-order chi connectivity index (χ1) is 62.5. The fourth-order valence-electron chi connectivity index (χ4n) is 19.3. The quantitative estimate of drug-likeness (QED) is 0.121. The fourth-order valence-corrected chi connectivity index (χ4v) is 19.3. The molecule has 26 rings (SSSR count). The third-order valence-electron chi connectivity index (χ3n) is 25.0. The van der Waals surface area contributed by atoms with Gasteiger partial charge in [0.05, 0.1) is 66.2 Å². The lowest BCUT2D eigenvalue weighted by atomic mass is 10.1. The number of hydrogen-bond acceptors (Lipinski definition) is 6. The average Bonchev–Trinajstić information content (AvgIpc) is 1.55. The highest BCUT2D eigenvalue weighted by Gasteiger charge is 2.25. The molecule has 0 fully saturated rings. The molecule has 588 valence electrons. The van der Waals surface area contributed by atoms with Crippen molar-refractivity contribution in [3.63, 3.8) is 0 Å². The van der Waals surface area contributed by atoms with Gasteiger partial charge in [0.15, 0.2) is 34.9 Å². The molecule has 0 saturated carbocycles. The van der Waals surface area contributed by atoms with Crippen LogP contribution in [0.15, 0.2) is 437 Å². The predicted molar refractivity (Wildman–Crippen MR) is 518 cm³/mol. The van der Waals surface area contributed by atoms with Gasteiger partial charge in [-0.2, -0.15) is 0 Å². The predicted octanol–water partition coefficient (Wildman–Crippen LogP) is 28.3. The lowest BCUT2D eigenvalue weighted by Crippen LogP contribution is -2.01. The van der Waals surface area contributed by atoms with Gasteiger partial charge in [-0.3, -0.25) is 0 Å². The molecule has 0 radical (unpaired) electrons. The molecule has 0 N–H and O–H groups in total. The summed E-state index contributed by atoms with van der Waals surface area (Å²) in [5.74, 6) is 3.80. The van der Waals surface area contributed by atoms with Crippen molar-refractivity contribution in [1.82, 2.24) is 57.3 Å². The first kappa shape index (κ1) is 71.7. The minimum atomic E-state index is 0.618. The van der Waals surface area contributed by atoms with Gasteiger partial charge in [0.1, 0.15) is 0 Å². The molecule has 0 atom stereocenters. The van der Waals surface area contributed by atoms with Crippen molar-refractivity contribution in [3.05, 3.63) is 437 Å². The Morgan fingerprint density at radius 2 is 0.286 bits per heavy atom. The maximum absolute atomic E-state index is 5.09. The van der Waals surface area contributed by atoms with Crippen LogP contribution in [0.5, 0.6) is 0 Å². The molecule has 0 unspecified atom stereocenters. The second kappa shape index (κ2) is 29.3. The van der Waals surface area contributed by atoms with E-state index in [0.717, 1.165) is 100 Å². The lowest BCUT2D eigenvalue weighted by molar-refractivity contribution is 1.07. The van der Waals surface area contributed by atoms with E-state index in [-0.39, 0.29) is 0 Å². The number of hydrogen-bond donors (Lipinski definition) is 0. The fraction of sp³-hybridized carbons (Fsp3) is 0. The standard InChI is InChI=1S/2C57H36N6/c1-3-16-37(17-4-1)55-58-56(38-18-5-2-6-19-38)60-57(59-55)39-20-15-21-40(34-39)61-53-32-30-41(62-49-26-11-7-22-43(49)44-23-8-12-27-50(44)62)35-47(53)48-36-42(31-33-54(48)61)63-51-28-13-9-24-45(51)46-25-10-14-29-52(46)63;1-3-15-37(16-4-1)55-58-56(38-17-5-2-6-18-38)60-57(59-55)39-27-29-40(30-28-39)61-53-33-31-41(62-49-23-11-7-19-43(49)44-20-8-12-24-50(44)62)35-47(53)48-36-42(32-34-54(48)61)63-51-25-13-9-21-45(51)46-22-10-14-26-52(46)63/h2*1-36H. The van der Waals surface area contributed by atoms with E-state index in [1.807, 2.05) is 121 Å². The molecule has 8 aromatic heterocycles. The lowest BCUT2D eigenvalue weighted by Gasteiger charge is -2.12. The van der Waals surface area contributed by atoms with Crippen LogP contribution in [-0.4, -0.2) is 57.3 Å². The first-order valence-electron chi connectivity index (χ1n) is 42.6. The Labute approximate surface area is 722 Å². The zero-order valence-electron chi connectivity index (χ0n) is 67.9. The number of fused-ring (bicyclic) bond motifs is 18. The zero-order valence-corrected chi connectivity index (χ0v) is 67.9. The molecule has 8 heterocycles. The van der Waals surface area contributed by atoms with Gasteiger partial charge in [-0.25, -0.2) is 29.9 Å². The summed E-state index contributed by atoms with van der Waals surface area (Å²) in [5.41, 5.74) is 26.1. The SMILES string of the molecule is c1ccc(-c2nc(-c3ccccc3)nc(-c3ccc(-n4c5ccc(-n6c7ccccc7c7ccccc76)cc5c5cc(-n6c7ccccc7c7ccccc76)ccc54)cc3)n2)cc1.c1ccc(-c2nc(-c3ccccc3)nc(-c3cccc(-n4c5ccc(-n6c7ccccc7c7ccccc76)cc5c5cc(-n6c7ccccc7c7ccccc76)ccc54)c3)n2)cc1. The van der Waals surface area contributed by atoms with E-state index in [1.54, 1.807) is 0 Å². The van der Waals surface area contributed by atoms with Crippen LogP contribution in [0.25, 0.3) is 233 Å². The van der Waals surface area contributed by atoms with Gasteiger partial charge < -0.3 is 27.4 Å². The van der Waals surface area contributed by atoms with Crippen LogP contribution in [0.1, 0.15) is 0 Å². The van der Waals surface area contributed by atoms with E-state index in [9.17, 15) is 0 Å². The highest BCUT2D eigenvalue weighted by atomic mass is 15.1. The molecular formula is C114H72N12. The van der Waals surface area contributed by atoms with Crippen molar-refractivity contribution in [3.8, 4) is 102 Å². The van der Waals surface area contributed by atoms with Crippen LogP contribution >= 0.6 is 0 Å². The third-order valence-corrected chi connectivity index (χ3v) is 25.0. The Balaban J connectivity index is 0.000000137. The van der Waals surface area contributed by atoms with E-state index >= 15 is 0 Å². The largest absolute Gasteiger partial charge is 0.309 e. The van der Waals surface area contributed by atoms with Crippen LogP contribution < -0.4 is 0 Å². The van der Waals surface area contributed by atoms with E-state index in [2.05, 4.69) is 343 Å². The zero-order chi connectivity index (χ0) is 82.9. The Hall–Kier alpha value is -17.2. The van der Waals surface area contributed by atoms with Gasteiger partial charge >= 0.3 is 0 Å². The Kier molecular flexibility index (Phi) is 16.7. The normalized spacial score (nSPS) is 11.8. The van der Waals surface area contributed by atoms with E-state index in [4.69, 9.17) is 29.9 Å². The van der Waals surface area contributed by atoms with Crippen LogP contribution in [0.2, 0.25) is 0 Å². The minimum absolute atomic E-state index is 0.618. The van der Waals surface area contributed by atoms with Crippen molar-refractivity contribution in [1.29, 1.82) is 0 Å². The number of rotatable bonds is 12. The van der Waals surface area contributed by atoms with Gasteiger partial charge in [-0.1, -0.05) is 279 Å². The monoisotopic (exact) mass is 1610 g/mol.